The number of carboxylic acid groups (broad SMARTS) is 1. The van der Waals surface area contributed by atoms with Gasteiger partial charge < -0.3 is 10.4 Å². The van der Waals surface area contributed by atoms with Crippen LogP contribution in [-0.4, -0.2) is 23.5 Å². The Kier molecular flexibility index (Phi) is 3.83. The van der Waals surface area contributed by atoms with E-state index < -0.39 is 5.97 Å². The molecular formula is C21H21NO3. The van der Waals surface area contributed by atoms with Gasteiger partial charge in [0.1, 0.15) is 0 Å². The Balaban J connectivity index is 1.32. The highest BCUT2D eigenvalue weighted by Crippen LogP contribution is 2.61. The third-order valence-electron chi connectivity index (χ3n) is 5.70. The first-order valence-corrected chi connectivity index (χ1v) is 8.78. The summed E-state index contributed by atoms with van der Waals surface area (Å²) in [5.41, 5.74) is 4.18. The number of aryl methyl sites for hydroxylation is 1. The fourth-order valence-electron chi connectivity index (χ4n) is 4.21. The Morgan fingerprint density at radius 2 is 1.88 bits per heavy atom. The highest BCUT2D eigenvalue weighted by molar-refractivity contribution is 5.87. The highest BCUT2D eigenvalue weighted by Gasteiger charge is 2.61. The number of amides is 1. The highest BCUT2D eigenvalue weighted by atomic mass is 16.4. The normalized spacial score (nSPS) is 23.3. The van der Waals surface area contributed by atoms with Crippen molar-refractivity contribution in [2.75, 3.05) is 6.54 Å². The zero-order valence-corrected chi connectivity index (χ0v) is 14.0. The van der Waals surface area contributed by atoms with E-state index in [1.807, 2.05) is 0 Å². The molecule has 2 N–H and O–H groups in total. The molecule has 25 heavy (non-hydrogen) atoms. The monoisotopic (exact) mass is 335 g/mol. The number of hydrogen-bond acceptors (Lipinski definition) is 2. The fraction of sp³-hybridized carbons (Fsp3) is 0.333. The van der Waals surface area contributed by atoms with Gasteiger partial charge in [-0.05, 0) is 54.5 Å². The predicted octanol–water partition coefficient (Wildman–Crippen LogP) is 2.95. The van der Waals surface area contributed by atoms with Crippen molar-refractivity contribution >= 4 is 11.9 Å². The van der Waals surface area contributed by atoms with Gasteiger partial charge in [-0.25, -0.2) is 4.79 Å². The molecule has 128 valence electrons. The number of nitrogens with one attached hydrogen (secondary N) is 1. The summed E-state index contributed by atoms with van der Waals surface area (Å²) in [7, 11) is 0. The van der Waals surface area contributed by atoms with Crippen molar-refractivity contribution in [1.29, 1.82) is 0 Å². The van der Waals surface area contributed by atoms with Crippen LogP contribution in [0.4, 0.5) is 0 Å². The van der Waals surface area contributed by atoms with Crippen molar-refractivity contribution in [2.24, 2.45) is 5.92 Å². The second-order valence-corrected chi connectivity index (χ2v) is 7.11. The number of rotatable bonds is 5. The maximum absolute atomic E-state index is 12.5. The van der Waals surface area contributed by atoms with E-state index >= 15 is 0 Å². The van der Waals surface area contributed by atoms with Gasteiger partial charge in [-0.1, -0.05) is 36.4 Å². The third-order valence-corrected chi connectivity index (χ3v) is 5.70. The number of carbonyl (C=O) groups excluding carboxylic acids is 1. The van der Waals surface area contributed by atoms with Gasteiger partial charge in [-0.2, -0.15) is 0 Å². The summed E-state index contributed by atoms with van der Waals surface area (Å²) in [6, 6.07) is 15.3. The van der Waals surface area contributed by atoms with Crippen LogP contribution in [0.3, 0.4) is 0 Å². The van der Waals surface area contributed by atoms with Crippen molar-refractivity contribution in [3.63, 3.8) is 0 Å². The summed E-state index contributed by atoms with van der Waals surface area (Å²) in [6.45, 7) is 0.583. The lowest BCUT2D eigenvalue weighted by Crippen LogP contribution is -2.29. The van der Waals surface area contributed by atoms with Crippen LogP contribution in [0, 0.1) is 5.92 Å². The van der Waals surface area contributed by atoms with Crippen LogP contribution in [-0.2, 0) is 23.1 Å². The molecule has 2 unspecified atom stereocenters. The minimum Gasteiger partial charge on any atom is -0.478 e. The maximum Gasteiger partial charge on any atom is 0.335 e. The summed E-state index contributed by atoms with van der Waals surface area (Å²) >= 11 is 0. The van der Waals surface area contributed by atoms with E-state index in [-0.39, 0.29) is 22.8 Å². The van der Waals surface area contributed by atoms with Gasteiger partial charge in [-0.3, -0.25) is 4.79 Å². The van der Waals surface area contributed by atoms with Crippen LogP contribution >= 0.6 is 0 Å². The van der Waals surface area contributed by atoms with Crippen molar-refractivity contribution in [3.05, 3.63) is 70.8 Å². The number of carboxylic acids is 1. The molecule has 2 aliphatic carbocycles. The van der Waals surface area contributed by atoms with E-state index in [2.05, 4.69) is 29.6 Å². The van der Waals surface area contributed by atoms with E-state index in [4.69, 9.17) is 5.11 Å². The van der Waals surface area contributed by atoms with E-state index in [1.165, 1.54) is 11.1 Å². The molecule has 4 rings (SSSR count). The SMILES string of the molecule is O=C(O)c1ccc(CCNC(=O)C2CC23CCc2ccccc23)cc1. The zero-order valence-electron chi connectivity index (χ0n) is 14.0. The third kappa shape index (κ3) is 2.82. The molecule has 0 saturated heterocycles. The van der Waals surface area contributed by atoms with Gasteiger partial charge in [0.05, 0.1) is 5.56 Å². The fourth-order valence-corrected chi connectivity index (χ4v) is 4.21. The molecule has 0 radical (unpaired) electrons. The minimum absolute atomic E-state index is 0.0871. The van der Waals surface area contributed by atoms with E-state index in [1.54, 1.807) is 24.3 Å². The average molecular weight is 335 g/mol. The van der Waals surface area contributed by atoms with E-state index in [0.717, 1.165) is 24.8 Å². The molecule has 0 aliphatic heterocycles. The Bertz CT molecular complexity index is 827. The first kappa shape index (κ1) is 15.9. The topological polar surface area (TPSA) is 66.4 Å². The standard InChI is InChI=1S/C21H21NO3/c23-19(22-12-10-14-5-7-16(8-6-14)20(24)25)18-13-21(18)11-9-15-3-1-2-4-17(15)21/h1-8,18H,9-13H2,(H,22,23)(H,24,25). The molecule has 0 bridgehead atoms. The van der Waals surface area contributed by atoms with Gasteiger partial charge in [0.15, 0.2) is 0 Å². The molecular weight excluding hydrogens is 314 g/mol. The van der Waals surface area contributed by atoms with Crippen LogP contribution in [0.1, 0.15) is 39.9 Å². The maximum atomic E-state index is 12.5. The molecule has 2 aromatic rings. The lowest BCUT2D eigenvalue weighted by atomic mass is 9.95. The second-order valence-electron chi connectivity index (χ2n) is 7.11. The van der Waals surface area contributed by atoms with Crippen LogP contribution < -0.4 is 5.32 Å². The lowest BCUT2D eigenvalue weighted by Gasteiger charge is -2.12. The molecule has 4 heteroatoms. The summed E-state index contributed by atoms with van der Waals surface area (Å²) in [4.78, 5) is 23.4. The van der Waals surface area contributed by atoms with Crippen LogP contribution in [0.25, 0.3) is 0 Å². The largest absolute Gasteiger partial charge is 0.478 e. The van der Waals surface area contributed by atoms with Crippen LogP contribution in [0.2, 0.25) is 0 Å². The van der Waals surface area contributed by atoms with Gasteiger partial charge >= 0.3 is 5.97 Å². The lowest BCUT2D eigenvalue weighted by molar-refractivity contribution is -0.122. The molecule has 1 spiro atoms. The van der Waals surface area contributed by atoms with E-state index in [9.17, 15) is 9.59 Å². The smallest absolute Gasteiger partial charge is 0.335 e. The number of hydrogen-bond donors (Lipinski definition) is 2. The summed E-state index contributed by atoms with van der Waals surface area (Å²) < 4.78 is 0. The molecule has 1 amide bonds. The molecule has 1 fully saturated rings. The van der Waals surface area contributed by atoms with Crippen LogP contribution in [0.5, 0.6) is 0 Å². The van der Waals surface area contributed by atoms with Gasteiger partial charge in [0.25, 0.3) is 0 Å². The van der Waals surface area contributed by atoms with Crippen molar-refractivity contribution in [3.8, 4) is 0 Å². The van der Waals surface area contributed by atoms with Crippen molar-refractivity contribution in [1.82, 2.24) is 5.32 Å². The molecule has 2 aromatic carbocycles. The quantitative estimate of drug-likeness (QED) is 0.883. The average Bonchev–Trinajstić information content (AvgIpc) is 3.25. The number of aromatic carboxylic acids is 1. The van der Waals surface area contributed by atoms with E-state index in [0.29, 0.717) is 13.0 Å². The van der Waals surface area contributed by atoms with Gasteiger partial charge in [0, 0.05) is 17.9 Å². The molecule has 2 atom stereocenters. The summed E-state index contributed by atoms with van der Waals surface area (Å²) in [5.74, 6) is -0.667. The zero-order chi connectivity index (χ0) is 17.4. The summed E-state index contributed by atoms with van der Waals surface area (Å²) in [6.07, 6.45) is 3.84. The summed E-state index contributed by atoms with van der Waals surface area (Å²) in [5, 5.41) is 12.0. The first-order valence-electron chi connectivity index (χ1n) is 8.78. The molecule has 4 nitrogen and oxygen atoms in total. The van der Waals surface area contributed by atoms with Crippen molar-refractivity contribution < 1.29 is 14.7 Å². The van der Waals surface area contributed by atoms with Gasteiger partial charge in [-0.15, -0.1) is 0 Å². The number of fused-ring (bicyclic) bond motifs is 2. The Morgan fingerprint density at radius 3 is 2.64 bits per heavy atom. The molecule has 2 aliphatic rings. The van der Waals surface area contributed by atoms with Crippen molar-refractivity contribution in [2.45, 2.75) is 31.1 Å². The molecule has 0 aromatic heterocycles. The predicted molar refractivity (Wildman–Crippen MR) is 94.7 cm³/mol. The number of carbonyl (C=O) groups is 2. The Morgan fingerprint density at radius 1 is 1.12 bits per heavy atom. The molecule has 1 saturated carbocycles. The van der Waals surface area contributed by atoms with Crippen LogP contribution in [0.15, 0.2) is 48.5 Å². The first-order chi connectivity index (χ1) is 12.1. The number of benzene rings is 2. The second kappa shape index (κ2) is 6.03. The Hall–Kier alpha value is -2.62. The Labute approximate surface area is 146 Å². The van der Waals surface area contributed by atoms with Gasteiger partial charge in [0.2, 0.25) is 5.91 Å². The molecule has 0 heterocycles. The minimum atomic E-state index is -0.921.